The molecule has 1 heterocycles. The summed E-state index contributed by atoms with van der Waals surface area (Å²) in [6.45, 7) is 7.35. The third kappa shape index (κ3) is 3.62. The quantitative estimate of drug-likeness (QED) is 0.631. The molecule has 0 radical (unpaired) electrons. The van der Waals surface area contributed by atoms with Crippen LogP contribution in [0.5, 0.6) is 0 Å². The Morgan fingerprint density at radius 2 is 1.43 bits per heavy atom. The van der Waals surface area contributed by atoms with Gasteiger partial charge in [0.2, 0.25) is 0 Å². The molecule has 3 rings (SSSR count). The Morgan fingerprint density at radius 3 is 2.00 bits per heavy atom. The van der Waals surface area contributed by atoms with Gasteiger partial charge in [-0.1, -0.05) is 77.9 Å². The number of anilines is 1. The molecule has 1 N–H and O–H groups in total. The first-order valence-electron chi connectivity index (χ1n) is 8.06. The molecule has 0 atom stereocenters. The Bertz CT molecular complexity index is 707. The number of aromatic nitrogens is 1. The zero-order valence-corrected chi connectivity index (χ0v) is 14.7. The van der Waals surface area contributed by atoms with Gasteiger partial charge < -0.3 is 5.32 Å². The summed E-state index contributed by atoms with van der Waals surface area (Å²) in [4.78, 5) is 6.08. The highest BCUT2D eigenvalue weighted by Crippen LogP contribution is 2.39. The maximum Gasteiger partial charge on any atom is 0.183 e. The van der Waals surface area contributed by atoms with Crippen molar-refractivity contribution in [3.63, 3.8) is 0 Å². The predicted octanol–water partition coefficient (Wildman–Crippen LogP) is 5.92. The largest absolute Gasteiger partial charge is 0.361 e. The summed E-state index contributed by atoms with van der Waals surface area (Å²) in [5, 5.41) is 4.42. The van der Waals surface area contributed by atoms with Crippen molar-refractivity contribution < 1.29 is 0 Å². The summed E-state index contributed by atoms with van der Waals surface area (Å²) in [6, 6.07) is 17.3. The second-order valence-corrected chi connectivity index (χ2v) is 6.85. The number of benzene rings is 2. The van der Waals surface area contributed by atoms with Crippen LogP contribution in [0, 0.1) is 13.8 Å². The number of aryl methyl sites for hydroxylation is 2. The van der Waals surface area contributed by atoms with E-state index in [0.717, 1.165) is 23.8 Å². The van der Waals surface area contributed by atoms with Crippen molar-refractivity contribution in [2.45, 2.75) is 27.2 Å². The summed E-state index contributed by atoms with van der Waals surface area (Å²) in [7, 11) is 0. The topological polar surface area (TPSA) is 24.9 Å². The van der Waals surface area contributed by atoms with Gasteiger partial charge in [-0.05, 0) is 25.8 Å². The van der Waals surface area contributed by atoms with E-state index in [1.165, 1.54) is 27.1 Å². The first-order chi connectivity index (χ1) is 11.2. The van der Waals surface area contributed by atoms with Gasteiger partial charge in [0.25, 0.3) is 0 Å². The molecule has 1 aromatic heterocycles. The molecule has 0 aliphatic heterocycles. The molecule has 23 heavy (non-hydrogen) atoms. The molecular formula is C20H22N2S. The smallest absolute Gasteiger partial charge is 0.183 e. The number of thiazole rings is 1. The lowest BCUT2D eigenvalue weighted by Crippen LogP contribution is -1.98. The lowest BCUT2D eigenvalue weighted by atomic mass is 10.0. The number of nitrogens with zero attached hydrogens (tertiary/aromatic N) is 1. The van der Waals surface area contributed by atoms with Crippen LogP contribution in [-0.2, 0) is 0 Å². The van der Waals surface area contributed by atoms with Crippen LogP contribution >= 0.6 is 11.3 Å². The first kappa shape index (κ1) is 15.8. The highest BCUT2D eigenvalue weighted by atomic mass is 32.1. The fourth-order valence-corrected chi connectivity index (χ4v) is 3.45. The SMILES string of the molecule is CCCNc1nc(-c2ccc(C)cc2)c(-c2ccc(C)cc2)s1. The van der Waals surface area contributed by atoms with Crippen molar-refractivity contribution in [2.24, 2.45) is 0 Å². The standard InChI is InChI=1S/C20H22N2S/c1-4-13-21-20-22-18(16-9-5-14(2)6-10-16)19(23-20)17-11-7-15(3)8-12-17/h5-12H,4,13H2,1-3H3,(H,21,22). The second-order valence-electron chi connectivity index (χ2n) is 5.86. The molecule has 0 unspecified atom stereocenters. The van der Waals surface area contributed by atoms with Gasteiger partial charge in [-0.25, -0.2) is 4.98 Å². The van der Waals surface area contributed by atoms with Gasteiger partial charge in [0.05, 0.1) is 10.6 Å². The Morgan fingerprint density at radius 1 is 0.870 bits per heavy atom. The average molecular weight is 322 g/mol. The van der Waals surface area contributed by atoms with Crippen molar-refractivity contribution in [3.8, 4) is 21.7 Å². The number of rotatable bonds is 5. The third-order valence-electron chi connectivity index (χ3n) is 3.79. The molecular weight excluding hydrogens is 300 g/mol. The van der Waals surface area contributed by atoms with Gasteiger partial charge in [-0.2, -0.15) is 0 Å². The van der Waals surface area contributed by atoms with E-state index in [4.69, 9.17) is 4.98 Å². The highest BCUT2D eigenvalue weighted by Gasteiger charge is 2.14. The van der Waals surface area contributed by atoms with Gasteiger partial charge in [-0.15, -0.1) is 0 Å². The highest BCUT2D eigenvalue weighted by molar-refractivity contribution is 7.19. The Labute approximate surface area is 142 Å². The fraction of sp³-hybridized carbons (Fsp3) is 0.250. The van der Waals surface area contributed by atoms with E-state index in [1.54, 1.807) is 11.3 Å². The zero-order chi connectivity index (χ0) is 16.2. The summed E-state index contributed by atoms with van der Waals surface area (Å²) in [6.07, 6.45) is 1.10. The number of nitrogens with one attached hydrogen (secondary N) is 1. The van der Waals surface area contributed by atoms with Gasteiger partial charge >= 0.3 is 0 Å². The van der Waals surface area contributed by atoms with Gasteiger partial charge in [0.1, 0.15) is 0 Å². The fourth-order valence-electron chi connectivity index (χ4n) is 2.44. The molecule has 0 fully saturated rings. The summed E-state index contributed by atoms with van der Waals surface area (Å²) >= 11 is 1.74. The lowest BCUT2D eigenvalue weighted by molar-refractivity contribution is 0.976. The molecule has 3 aromatic rings. The van der Waals surface area contributed by atoms with E-state index < -0.39 is 0 Å². The van der Waals surface area contributed by atoms with E-state index in [2.05, 4.69) is 74.6 Å². The minimum atomic E-state index is 0.953. The van der Waals surface area contributed by atoms with E-state index in [9.17, 15) is 0 Å². The molecule has 0 amide bonds. The lowest BCUT2D eigenvalue weighted by Gasteiger charge is -2.04. The monoisotopic (exact) mass is 322 g/mol. The summed E-state index contributed by atoms with van der Waals surface area (Å²) < 4.78 is 0. The van der Waals surface area contributed by atoms with Crippen molar-refractivity contribution in [1.82, 2.24) is 4.98 Å². The molecule has 0 spiro atoms. The number of hydrogen-bond acceptors (Lipinski definition) is 3. The molecule has 0 bridgehead atoms. The van der Waals surface area contributed by atoms with Crippen molar-refractivity contribution in [1.29, 1.82) is 0 Å². The van der Waals surface area contributed by atoms with Gasteiger partial charge in [0.15, 0.2) is 5.13 Å². The molecule has 3 heteroatoms. The molecule has 0 aliphatic rings. The Kier molecular flexibility index (Phi) is 4.77. The van der Waals surface area contributed by atoms with Gasteiger partial charge in [-0.3, -0.25) is 0 Å². The second kappa shape index (κ2) is 6.97. The van der Waals surface area contributed by atoms with E-state index >= 15 is 0 Å². The van der Waals surface area contributed by atoms with Crippen molar-refractivity contribution in [3.05, 3.63) is 59.7 Å². The Balaban J connectivity index is 2.06. The molecule has 0 saturated heterocycles. The normalized spacial score (nSPS) is 10.7. The zero-order valence-electron chi connectivity index (χ0n) is 13.9. The van der Waals surface area contributed by atoms with Crippen LogP contribution in [-0.4, -0.2) is 11.5 Å². The minimum absolute atomic E-state index is 0.953. The van der Waals surface area contributed by atoms with Crippen molar-refractivity contribution >= 4 is 16.5 Å². The minimum Gasteiger partial charge on any atom is -0.361 e. The van der Waals surface area contributed by atoms with Crippen LogP contribution in [0.3, 0.4) is 0 Å². The van der Waals surface area contributed by atoms with Gasteiger partial charge in [0, 0.05) is 12.1 Å². The van der Waals surface area contributed by atoms with E-state index in [0.29, 0.717) is 0 Å². The number of hydrogen-bond donors (Lipinski definition) is 1. The van der Waals surface area contributed by atoms with Crippen LogP contribution in [0.15, 0.2) is 48.5 Å². The molecule has 0 saturated carbocycles. The van der Waals surface area contributed by atoms with Crippen LogP contribution in [0.1, 0.15) is 24.5 Å². The summed E-state index contributed by atoms with van der Waals surface area (Å²) in [5.41, 5.74) is 6.02. The molecule has 118 valence electrons. The maximum absolute atomic E-state index is 4.85. The molecule has 2 aromatic carbocycles. The molecule has 0 aliphatic carbocycles. The van der Waals surface area contributed by atoms with Crippen molar-refractivity contribution in [2.75, 3.05) is 11.9 Å². The first-order valence-corrected chi connectivity index (χ1v) is 8.88. The van der Waals surface area contributed by atoms with Crippen LogP contribution in [0.25, 0.3) is 21.7 Å². The van der Waals surface area contributed by atoms with E-state index in [-0.39, 0.29) is 0 Å². The van der Waals surface area contributed by atoms with Crippen LogP contribution < -0.4 is 5.32 Å². The van der Waals surface area contributed by atoms with Crippen LogP contribution in [0.4, 0.5) is 5.13 Å². The third-order valence-corrected chi connectivity index (χ3v) is 4.85. The summed E-state index contributed by atoms with van der Waals surface area (Å²) in [5.74, 6) is 0. The maximum atomic E-state index is 4.85. The average Bonchev–Trinajstić information content (AvgIpc) is 2.98. The molecule has 2 nitrogen and oxygen atoms in total. The predicted molar refractivity (Wildman–Crippen MR) is 101 cm³/mol. The van der Waals surface area contributed by atoms with Crippen LogP contribution in [0.2, 0.25) is 0 Å². The van der Waals surface area contributed by atoms with E-state index in [1.807, 2.05) is 0 Å². The Hall–Kier alpha value is -2.13.